The van der Waals surface area contributed by atoms with E-state index < -0.39 is 58.8 Å². The number of imide groups is 2. The molecule has 0 radical (unpaired) electrons. The molecule has 4 N–H and O–H groups in total. The lowest BCUT2D eigenvalue weighted by atomic mass is 9.99. The van der Waals surface area contributed by atoms with Crippen LogP contribution in [0.1, 0.15) is 75.9 Å². The van der Waals surface area contributed by atoms with Gasteiger partial charge in [-0.05, 0) is 67.3 Å². The van der Waals surface area contributed by atoms with E-state index in [0.29, 0.717) is 16.7 Å². The third-order valence-electron chi connectivity index (χ3n) is 9.95. The number of piperidine rings is 1. The van der Waals surface area contributed by atoms with Crippen molar-refractivity contribution in [2.75, 3.05) is 17.2 Å². The zero-order valence-corrected chi connectivity index (χ0v) is 32.0. The van der Waals surface area contributed by atoms with Gasteiger partial charge in [0.25, 0.3) is 11.8 Å². The highest BCUT2D eigenvalue weighted by Crippen LogP contribution is 2.33. The lowest BCUT2D eigenvalue weighted by Crippen LogP contribution is -2.54. The maximum Gasteiger partial charge on any atom is 0.340 e. The number of aryl methyl sites for hydroxylation is 1. The number of benzene rings is 3. The lowest BCUT2D eigenvalue weighted by Gasteiger charge is -2.27. The summed E-state index contributed by atoms with van der Waals surface area (Å²) >= 11 is 0. The number of ether oxygens (including phenoxy) is 1. The van der Waals surface area contributed by atoms with Crippen LogP contribution in [-0.2, 0) is 30.4 Å². The monoisotopic (exact) mass is 817 g/mol. The van der Waals surface area contributed by atoms with Crippen LogP contribution in [0.25, 0.3) is 11.0 Å². The van der Waals surface area contributed by atoms with E-state index in [1.54, 1.807) is 37.3 Å². The highest BCUT2D eigenvalue weighted by atomic mass is 19.1. The van der Waals surface area contributed by atoms with Crippen LogP contribution >= 0.6 is 0 Å². The van der Waals surface area contributed by atoms with Crippen molar-refractivity contribution in [1.29, 1.82) is 0 Å². The molecule has 7 amide bonds. The van der Waals surface area contributed by atoms with Crippen LogP contribution in [0.4, 0.5) is 15.8 Å². The number of hydrogen-bond acceptors (Lipinski definition) is 12. The Morgan fingerprint density at radius 3 is 2.38 bits per heavy atom. The molecule has 0 saturated carbocycles. The molecule has 0 aliphatic carbocycles. The number of amides is 7. The number of hydrogen-bond donors (Lipinski definition) is 4. The minimum absolute atomic E-state index is 0.00727. The van der Waals surface area contributed by atoms with E-state index in [1.165, 1.54) is 42.7 Å². The average molecular weight is 818 g/mol. The van der Waals surface area contributed by atoms with E-state index in [9.17, 15) is 38.4 Å². The quantitative estimate of drug-likeness (QED) is 0.0705. The second-order valence-corrected chi connectivity index (χ2v) is 14.0. The Balaban J connectivity index is 0.867. The van der Waals surface area contributed by atoms with Gasteiger partial charge in [0, 0.05) is 68.1 Å². The summed E-state index contributed by atoms with van der Waals surface area (Å²) in [4.78, 5) is 110. The Morgan fingerprint density at radius 1 is 0.883 bits per heavy atom. The van der Waals surface area contributed by atoms with Crippen molar-refractivity contribution in [2.45, 2.75) is 57.9 Å². The highest BCUT2D eigenvalue weighted by molar-refractivity contribution is 6.26. The molecule has 3 aromatic carbocycles. The van der Waals surface area contributed by atoms with Crippen LogP contribution in [0.15, 0.2) is 82.3 Å². The van der Waals surface area contributed by atoms with Crippen LogP contribution < -0.4 is 31.6 Å². The molecular formula is C42H36FN7O10. The summed E-state index contributed by atoms with van der Waals surface area (Å²) < 4.78 is 26.8. The molecule has 1 unspecified atom stereocenters. The summed E-state index contributed by atoms with van der Waals surface area (Å²) in [5.41, 5.74) is 0.458. The Bertz CT molecular complexity index is 2650. The normalized spacial score (nSPS) is 14.8. The molecule has 7 rings (SSSR count). The van der Waals surface area contributed by atoms with Crippen LogP contribution in [0.2, 0.25) is 0 Å². The van der Waals surface area contributed by atoms with E-state index in [4.69, 9.17) is 9.15 Å². The number of nitrogens with one attached hydrogen (secondary N) is 4. The summed E-state index contributed by atoms with van der Waals surface area (Å²) in [5.74, 6) is -4.75. The molecule has 0 bridgehead atoms. The zero-order valence-electron chi connectivity index (χ0n) is 32.0. The SMILES string of the molecule is Cc1c(Cc2cccc(NC(=O)CCCNC(=O)CCC(=O)Nc3cccc4c3C(=O)N(C3CCC(=O)NC3=O)C4=O)c2F)c(=O)oc2cc(Oc3ncccn3)ccc12. The van der Waals surface area contributed by atoms with Gasteiger partial charge < -0.3 is 25.1 Å². The first-order valence-corrected chi connectivity index (χ1v) is 18.9. The van der Waals surface area contributed by atoms with Crippen LogP contribution in [0.5, 0.6) is 11.8 Å². The number of nitrogens with zero attached hydrogens (tertiary/aromatic N) is 3. The molecule has 2 aromatic heterocycles. The molecule has 4 heterocycles. The van der Waals surface area contributed by atoms with Crippen molar-refractivity contribution in [3.05, 3.63) is 117 Å². The second kappa shape index (κ2) is 17.5. The smallest absolute Gasteiger partial charge is 0.340 e. The van der Waals surface area contributed by atoms with Gasteiger partial charge in [0.2, 0.25) is 29.5 Å². The van der Waals surface area contributed by atoms with Crippen LogP contribution in [-0.4, -0.2) is 68.8 Å². The lowest BCUT2D eigenvalue weighted by molar-refractivity contribution is -0.136. The average Bonchev–Trinajstić information content (AvgIpc) is 3.48. The number of fused-ring (bicyclic) bond motifs is 2. The van der Waals surface area contributed by atoms with Gasteiger partial charge in [-0.1, -0.05) is 18.2 Å². The topological polar surface area (TPSA) is 236 Å². The molecule has 2 aliphatic heterocycles. The summed E-state index contributed by atoms with van der Waals surface area (Å²) in [6, 6.07) is 14.3. The van der Waals surface area contributed by atoms with Crippen molar-refractivity contribution >= 4 is 63.7 Å². The van der Waals surface area contributed by atoms with Gasteiger partial charge in [0.05, 0.1) is 22.5 Å². The number of rotatable bonds is 14. The van der Waals surface area contributed by atoms with E-state index in [-0.39, 0.29) is 96.7 Å². The maximum atomic E-state index is 15.6. The molecule has 0 spiro atoms. The number of anilines is 2. The standard InChI is InChI=1S/C42H36FN7O10/c1-22-25-12-11-24(59-42-45-18-5-19-46-42)21-31(25)60-41(58)27(22)20-23-6-2-9-29(37(23)43)48-33(52)10-4-17-44-32(51)15-16-34(53)47-28-8-3-7-26-36(28)40(57)50(39(26)56)30-13-14-35(54)49-38(30)55/h2-3,5-9,11-12,18-19,21,30H,4,10,13-17,20H2,1H3,(H,44,51)(H,47,53)(H,48,52)(H,49,54,55). The summed E-state index contributed by atoms with van der Waals surface area (Å²) in [6.45, 7) is 1.82. The Labute approximate surface area is 339 Å². The largest absolute Gasteiger partial charge is 0.424 e. The van der Waals surface area contributed by atoms with Crippen molar-refractivity contribution in [3.63, 3.8) is 0 Å². The fourth-order valence-electron chi connectivity index (χ4n) is 6.93. The Hall–Kier alpha value is -7.63. The molecule has 18 heteroatoms. The van der Waals surface area contributed by atoms with Crippen molar-refractivity contribution in [2.24, 2.45) is 0 Å². The Morgan fingerprint density at radius 2 is 1.60 bits per heavy atom. The molecule has 5 aromatic rings. The van der Waals surface area contributed by atoms with Gasteiger partial charge in [0.1, 0.15) is 23.2 Å². The summed E-state index contributed by atoms with van der Waals surface area (Å²) in [7, 11) is 0. The number of halogens is 1. The van der Waals surface area contributed by atoms with E-state index >= 15 is 4.39 Å². The fraction of sp³-hybridized carbons (Fsp3) is 0.238. The van der Waals surface area contributed by atoms with Crippen LogP contribution in [0.3, 0.4) is 0 Å². The highest BCUT2D eigenvalue weighted by Gasteiger charge is 2.45. The minimum Gasteiger partial charge on any atom is -0.424 e. The molecule has 1 fully saturated rings. The van der Waals surface area contributed by atoms with Gasteiger partial charge in [0.15, 0.2) is 0 Å². The fourth-order valence-corrected chi connectivity index (χ4v) is 6.93. The third-order valence-corrected chi connectivity index (χ3v) is 9.95. The second-order valence-electron chi connectivity index (χ2n) is 14.0. The molecule has 1 atom stereocenters. The van der Waals surface area contributed by atoms with E-state index in [2.05, 4.69) is 31.2 Å². The van der Waals surface area contributed by atoms with Gasteiger partial charge in [-0.15, -0.1) is 0 Å². The molecule has 2 aliphatic rings. The molecule has 1 saturated heterocycles. The number of carbonyl (C=O) groups excluding carboxylic acids is 7. The predicted octanol–water partition coefficient (Wildman–Crippen LogP) is 4.07. The summed E-state index contributed by atoms with van der Waals surface area (Å²) in [6.07, 6.45) is 2.52. The number of aromatic nitrogens is 2. The van der Waals surface area contributed by atoms with Crippen molar-refractivity contribution < 1.29 is 47.1 Å². The third kappa shape index (κ3) is 8.76. The predicted molar refractivity (Wildman–Crippen MR) is 210 cm³/mol. The molecule has 17 nitrogen and oxygen atoms in total. The van der Waals surface area contributed by atoms with Crippen molar-refractivity contribution in [1.82, 2.24) is 25.5 Å². The number of carbonyl (C=O) groups is 7. The first-order chi connectivity index (χ1) is 28.9. The van der Waals surface area contributed by atoms with Gasteiger partial charge in [-0.25, -0.2) is 19.2 Å². The zero-order chi connectivity index (χ0) is 42.5. The van der Waals surface area contributed by atoms with Crippen molar-refractivity contribution in [3.8, 4) is 11.8 Å². The van der Waals surface area contributed by atoms with E-state index in [0.717, 1.165) is 4.90 Å². The van der Waals surface area contributed by atoms with Gasteiger partial charge in [-0.3, -0.25) is 43.8 Å². The van der Waals surface area contributed by atoms with E-state index in [1.807, 2.05) is 0 Å². The van der Waals surface area contributed by atoms with Gasteiger partial charge >= 0.3 is 11.6 Å². The first-order valence-electron chi connectivity index (χ1n) is 18.9. The summed E-state index contributed by atoms with van der Waals surface area (Å²) in [5, 5.41) is 10.5. The molecular weight excluding hydrogens is 781 g/mol. The maximum absolute atomic E-state index is 15.6. The molecule has 306 valence electrons. The van der Waals surface area contributed by atoms with Gasteiger partial charge in [-0.2, -0.15) is 0 Å². The molecule has 60 heavy (non-hydrogen) atoms. The minimum atomic E-state index is -1.17. The Kier molecular flexibility index (Phi) is 11.8. The first kappa shape index (κ1) is 40.6. The van der Waals surface area contributed by atoms with Crippen LogP contribution in [0, 0.1) is 12.7 Å².